The maximum atomic E-state index is 11.8. The molecule has 1 aromatic rings. The number of rotatable bonds is 5. The van der Waals surface area contributed by atoms with Gasteiger partial charge in [0.2, 0.25) is 0 Å². The Morgan fingerprint density at radius 1 is 1.28 bits per heavy atom. The zero-order valence-electron chi connectivity index (χ0n) is 10.4. The normalized spacial score (nSPS) is 11.9. The number of carbonyl (C=O) groups excluding carboxylic acids is 1. The number of amides is 1. The lowest BCUT2D eigenvalue weighted by Gasteiger charge is -2.13. The van der Waals surface area contributed by atoms with Crippen LogP contribution >= 0.6 is 0 Å². The van der Waals surface area contributed by atoms with Gasteiger partial charge in [0.25, 0.3) is 5.91 Å². The molecular formula is C13H17NO4. The first-order chi connectivity index (χ1) is 8.45. The molecule has 1 amide bonds. The van der Waals surface area contributed by atoms with Crippen molar-refractivity contribution in [2.75, 3.05) is 6.61 Å². The summed E-state index contributed by atoms with van der Waals surface area (Å²) in [5.41, 5.74) is 2.45. The number of nitrogens with one attached hydrogen (secondary N) is 1. The Kier molecular flexibility index (Phi) is 4.85. The number of benzene rings is 1. The summed E-state index contributed by atoms with van der Waals surface area (Å²) in [6.07, 6.45) is -0.00802. The first kappa shape index (κ1) is 14.2. The van der Waals surface area contributed by atoms with Crippen molar-refractivity contribution in [1.29, 1.82) is 0 Å². The molecule has 0 saturated heterocycles. The molecule has 0 aliphatic rings. The zero-order chi connectivity index (χ0) is 13.7. The topological polar surface area (TPSA) is 86.6 Å². The molecule has 0 unspecified atom stereocenters. The summed E-state index contributed by atoms with van der Waals surface area (Å²) >= 11 is 0. The van der Waals surface area contributed by atoms with Crippen LogP contribution in [-0.2, 0) is 4.79 Å². The molecule has 0 aliphatic carbocycles. The zero-order valence-corrected chi connectivity index (χ0v) is 10.4. The van der Waals surface area contributed by atoms with Crippen molar-refractivity contribution in [3.05, 3.63) is 34.9 Å². The van der Waals surface area contributed by atoms with Crippen molar-refractivity contribution in [2.45, 2.75) is 26.3 Å². The summed E-state index contributed by atoms with van der Waals surface area (Å²) in [7, 11) is 0. The van der Waals surface area contributed by atoms with Crippen LogP contribution in [0.3, 0.4) is 0 Å². The first-order valence-electron chi connectivity index (χ1n) is 5.67. The second-order valence-corrected chi connectivity index (χ2v) is 4.18. The van der Waals surface area contributed by atoms with Gasteiger partial charge >= 0.3 is 5.97 Å². The highest BCUT2D eigenvalue weighted by Crippen LogP contribution is 2.10. The monoisotopic (exact) mass is 251 g/mol. The standard InChI is InChI=1S/C13H17NO4/c1-8-3-4-10(7-9(8)2)12(16)14-11(5-6-15)13(17)18/h3-4,7,11,15H,5-6H2,1-2H3,(H,14,16)(H,17,18)/t11-/m0/s1. The lowest BCUT2D eigenvalue weighted by molar-refractivity contribution is -0.139. The molecule has 5 nitrogen and oxygen atoms in total. The van der Waals surface area contributed by atoms with E-state index in [4.69, 9.17) is 10.2 Å². The lowest BCUT2D eigenvalue weighted by Crippen LogP contribution is -2.41. The molecule has 1 aromatic carbocycles. The van der Waals surface area contributed by atoms with Crippen molar-refractivity contribution in [2.24, 2.45) is 0 Å². The number of carboxylic acids is 1. The molecule has 0 saturated carbocycles. The average Bonchev–Trinajstić information content (AvgIpc) is 2.31. The smallest absolute Gasteiger partial charge is 0.326 e. The fourth-order valence-corrected chi connectivity index (χ4v) is 1.51. The van der Waals surface area contributed by atoms with Crippen LogP contribution < -0.4 is 5.32 Å². The second-order valence-electron chi connectivity index (χ2n) is 4.18. The van der Waals surface area contributed by atoms with Crippen LogP contribution in [-0.4, -0.2) is 34.7 Å². The van der Waals surface area contributed by atoms with Crippen LogP contribution in [0.1, 0.15) is 27.9 Å². The van der Waals surface area contributed by atoms with Crippen LogP contribution in [0.25, 0.3) is 0 Å². The van der Waals surface area contributed by atoms with E-state index in [1.807, 2.05) is 19.9 Å². The SMILES string of the molecule is Cc1ccc(C(=O)N[C@@H](CCO)C(=O)O)cc1C. The number of carboxylic acid groups (broad SMARTS) is 1. The van der Waals surface area contributed by atoms with E-state index >= 15 is 0 Å². The van der Waals surface area contributed by atoms with Gasteiger partial charge in [0, 0.05) is 18.6 Å². The average molecular weight is 251 g/mol. The molecule has 0 bridgehead atoms. The molecule has 1 rings (SSSR count). The van der Waals surface area contributed by atoms with Gasteiger partial charge < -0.3 is 15.5 Å². The molecule has 0 aromatic heterocycles. The molecule has 3 N–H and O–H groups in total. The van der Waals surface area contributed by atoms with Gasteiger partial charge in [-0.15, -0.1) is 0 Å². The molecule has 18 heavy (non-hydrogen) atoms. The molecular weight excluding hydrogens is 234 g/mol. The van der Waals surface area contributed by atoms with Crippen molar-refractivity contribution in [3.63, 3.8) is 0 Å². The highest BCUT2D eigenvalue weighted by atomic mass is 16.4. The summed E-state index contributed by atoms with van der Waals surface area (Å²) in [6, 6.07) is 4.11. The van der Waals surface area contributed by atoms with Crippen LogP contribution in [0, 0.1) is 13.8 Å². The van der Waals surface area contributed by atoms with Gasteiger partial charge in [0.15, 0.2) is 0 Å². The van der Waals surface area contributed by atoms with Gasteiger partial charge in [-0.05, 0) is 37.1 Å². The first-order valence-corrected chi connectivity index (χ1v) is 5.67. The van der Waals surface area contributed by atoms with Crippen LogP contribution in [0.2, 0.25) is 0 Å². The molecule has 98 valence electrons. The predicted molar refractivity (Wildman–Crippen MR) is 66.5 cm³/mol. The van der Waals surface area contributed by atoms with Crippen molar-refractivity contribution in [3.8, 4) is 0 Å². The lowest BCUT2D eigenvalue weighted by atomic mass is 10.1. The summed E-state index contributed by atoms with van der Waals surface area (Å²) < 4.78 is 0. The quantitative estimate of drug-likeness (QED) is 0.724. The number of hydrogen-bond donors (Lipinski definition) is 3. The van der Waals surface area contributed by atoms with Crippen molar-refractivity contribution >= 4 is 11.9 Å². The van der Waals surface area contributed by atoms with Gasteiger partial charge in [-0.3, -0.25) is 4.79 Å². The molecule has 1 atom stereocenters. The number of aliphatic hydroxyl groups excluding tert-OH is 1. The Balaban J connectivity index is 2.80. The molecule has 5 heteroatoms. The predicted octanol–water partition coefficient (Wildman–Crippen LogP) is 0.869. The summed E-state index contributed by atoms with van der Waals surface area (Å²) in [6.45, 7) is 3.53. The number of hydrogen-bond acceptors (Lipinski definition) is 3. The number of aliphatic carboxylic acids is 1. The third-order valence-corrected chi connectivity index (χ3v) is 2.79. The molecule has 0 spiro atoms. The summed E-state index contributed by atoms with van der Waals surface area (Å²) in [5.74, 6) is -1.60. The Bertz CT molecular complexity index is 456. The van der Waals surface area contributed by atoms with Gasteiger partial charge in [-0.25, -0.2) is 4.79 Å². The Morgan fingerprint density at radius 2 is 1.94 bits per heavy atom. The van der Waals surface area contributed by atoms with E-state index in [-0.39, 0.29) is 13.0 Å². The van der Waals surface area contributed by atoms with Crippen LogP contribution in [0.15, 0.2) is 18.2 Å². The Hall–Kier alpha value is -1.88. The summed E-state index contributed by atoms with van der Waals surface area (Å²) in [4.78, 5) is 22.7. The van der Waals surface area contributed by atoms with E-state index in [2.05, 4.69) is 5.32 Å². The minimum absolute atomic E-state index is 0.00802. The van der Waals surface area contributed by atoms with Gasteiger partial charge in [0.05, 0.1) is 0 Å². The minimum atomic E-state index is -1.15. The van der Waals surface area contributed by atoms with Crippen molar-refractivity contribution in [1.82, 2.24) is 5.32 Å². The number of aryl methyl sites for hydroxylation is 2. The molecule has 0 aliphatic heterocycles. The third kappa shape index (κ3) is 3.56. The highest BCUT2D eigenvalue weighted by Gasteiger charge is 2.20. The maximum Gasteiger partial charge on any atom is 0.326 e. The van der Waals surface area contributed by atoms with Crippen LogP contribution in [0.5, 0.6) is 0 Å². The maximum absolute atomic E-state index is 11.8. The Labute approximate surface area is 105 Å². The van der Waals surface area contributed by atoms with Gasteiger partial charge in [-0.2, -0.15) is 0 Å². The molecule has 0 radical (unpaired) electrons. The molecule has 0 heterocycles. The van der Waals surface area contributed by atoms with E-state index in [9.17, 15) is 9.59 Å². The van der Waals surface area contributed by atoms with Gasteiger partial charge in [-0.1, -0.05) is 6.07 Å². The fourth-order valence-electron chi connectivity index (χ4n) is 1.51. The minimum Gasteiger partial charge on any atom is -0.480 e. The number of carbonyl (C=O) groups is 2. The third-order valence-electron chi connectivity index (χ3n) is 2.79. The van der Waals surface area contributed by atoms with E-state index in [0.29, 0.717) is 5.56 Å². The largest absolute Gasteiger partial charge is 0.480 e. The van der Waals surface area contributed by atoms with Crippen LogP contribution in [0.4, 0.5) is 0 Å². The van der Waals surface area contributed by atoms with E-state index in [1.54, 1.807) is 12.1 Å². The second kappa shape index (κ2) is 6.16. The van der Waals surface area contributed by atoms with E-state index in [0.717, 1.165) is 11.1 Å². The highest BCUT2D eigenvalue weighted by molar-refractivity contribution is 5.96. The fraction of sp³-hybridized carbons (Fsp3) is 0.385. The number of aliphatic hydroxyl groups is 1. The van der Waals surface area contributed by atoms with E-state index in [1.165, 1.54) is 0 Å². The van der Waals surface area contributed by atoms with E-state index < -0.39 is 17.9 Å². The van der Waals surface area contributed by atoms with Crippen molar-refractivity contribution < 1.29 is 19.8 Å². The summed E-state index contributed by atoms with van der Waals surface area (Å²) in [5, 5.41) is 20.0. The molecule has 0 fully saturated rings. The Morgan fingerprint density at radius 3 is 2.44 bits per heavy atom. The van der Waals surface area contributed by atoms with Gasteiger partial charge in [0.1, 0.15) is 6.04 Å².